The maximum Gasteiger partial charge on any atom is 0.263 e. The SMILES string of the molecule is Cc1cc(C)c(S(=O)(=O)Nc2ccc(N3CCN(C=O)CC3)nn2)c(C)c1. The highest BCUT2D eigenvalue weighted by Crippen LogP contribution is 2.24. The molecule has 3 rings (SSSR count). The number of aromatic nitrogens is 2. The third kappa shape index (κ3) is 4.19. The summed E-state index contributed by atoms with van der Waals surface area (Å²) in [5, 5.41) is 8.15. The predicted molar refractivity (Wildman–Crippen MR) is 103 cm³/mol. The Morgan fingerprint density at radius 1 is 1.00 bits per heavy atom. The number of nitrogens with zero attached hydrogens (tertiary/aromatic N) is 4. The summed E-state index contributed by atoms with van der Waals surface area (Å²) in [5.41, 5.74) is 2.40. The van der Waals surface area contributed by atoms with Crippen LogP contribution in [0.5, 0.6) is 0 Å². The zero-order valence-corrected chi connectivity index (χ0v) is 16.5. The van der Waals surface area contributed by atoms with E-state index in [1.165, 1.54) is 0 Å². The average molecular weight is 389 g/mol. The van der Waals surface area contributed by atoms with Crippen molar-refractivity contribution in [3.8, 4) is 0 Å². The third-order valence-corrected chi connectivity index (χ3v) is 6.21. The van der Waals surface area contributed by atoms with Gasteiger partial charge in [0.25, 0.3) is 10.0 Å². The molecule has 144 valence electrons. The highest BCUT2D eigenvalue weighted by Gasteiger charge is 2.21. The second-order valence-corrected chi connectivity index (χ2v) is 8.36. The Morgan fingerprint density at radius 3 is 2.15 bits per heavy atom. The van der Waals surface area contributed by atoms with Gasteiger partial charge >= 0.3 is 0 Å². The molecule has 2 heterocycles. The van der Waals surface area contributed by atoms with E-state index in [9.17, 15) is 13.2 Å². The summed E-state index contributed by atoms with van der Waals surface area (Å²) in [6, 6.07) is 7.02. The molecule has 2 aromatic rings. The zero-order valence-electron chi connectivity index (χ0n) is 15.6. The van der Waals surface area contributed by atoms with Crippen LogP contribution in [0.2, 0.25) is 0 Å². The number of aryl methyl sites for hydroxylation is 3. The van der Waals surface area contributed by atoms with Crippen molar-refractivity contribution in [3.05, 3.63) is 41.0 Å². The van der Waals surface area contributed by atoms with Crippen LogP contribution in [0, 0.1) is 20.8 Å². The van der Waals surface area contributed by atoms with Crippen LogP contribution in [-0.4, -0.2) is 56.1 Å². The molecular weight excluding hydrogens is 366 g/mol. The first-order chi connectivity index (χ1) is 12.8. The lowest BCUT2D eigenvalue weighted by Crippen LogP contribution is -2.46. The molecule has 0 saturated carbocycles. The van der Waals surface area contributed by atoms with Gasteiger partial charge < -0.3 is 9.80 Å². The minimum Gasteiger partial charge on any atom is -0.352 e. The van der Waals surface area contributed by atoms with Gasteiger partial charge in [-0.25, -0.2) is 8.42 Å². The molecule has 1 aromatic carbocycles. The molecule has 0 atom stereocenters. The van der Waals surface area contributed by atoms with E-state index >= 15 is 0 Å². The molecule has 0 bridgehead atoms. The number of carbonyl (C=O) groups is 1. The van der Waals surface area contributed by atoms with Crippen molar-refractivity contribution in [3.63, 3.8) is 0 Å². The lowest BCUT2D eigenvalue weighted by molar-refractivity contribution is -0.118. The monoisotopic (exact) mass is 389 g/mol. The van der Waals surface area contributed by atoms with Crippen LogP contribution in [0.25, 0.3) is 0 Å². The molecule has 1 aliphatic rings. The first-order valence-electron chi connectivity index (χ1n) is 8.69. The summed E-state index contributed by atoms with van der Waals surface area (Å²) in [7, 11) is -3.75. The molecule has 1 N–H and O–H groups in total. The van der Waals surface area contributed by atoms with Gasteiger partial charge in [-0.1, -0.05) is 17.7 Å². The van der Waals surface area contributed by atoms with E-state index in [1.807, 2.05) is 24.0 Å². The lowest BCUT2D eigenvalue weighted by Gasteiger charge is -2.32. The lowest BCUT2D eigenvalue weighted by atomic mass is 10.1. The molecule has 1 fully saturated rings. The summed E-state index contributed by atoms with van der Waals surface area (Å²) in [6.45, 7) is 8.09. The minimum atomic E-state index is -3.75. The van der Waals surface area contributed by atoms with Gasteiger partial charge in [0.15, 0.2) is 11.6 Å². The zero-order chi connectivity index (χ0) is 19.6. The smallest absolute Gasteiger partial charge is 0.263 e. The largest absolute Gasteiger partial charge is 0.352 e. The molecule has 1 aliphatic heterocycles. The van der Waals surface area contributed by atoms with Crippen molar-refractivity contribution in [2.75, 3.05) is 35.8 Å². The highest BCUT2D eigenvalue weighted by atomic mass is 32.2. The highest BCUT2D eigenvalue weighted by molar-refractivity contribution is 7.92. The average Bonchev–Trinajstić information content (AvgIpc) is 2.61. The van der Waals surface area contributed by atoms with Crippen LogP contribution in [0.15, 0.2) is 29.2 Å². The van der Waals surface area contributed by atoms with Crippen molar-refractivity contribution >= 4 is 28.1 Å². The number of carbonyl (C=O) groups excluding carboxylic acids is 1. The number of amides is 1. The number of nitrogens with one attached hydrogen (secondary N) is 1. The number of hydrogen-bond donors (Lipinski definition) is 1. The first-order valence-corrected chi connectivity index (χ1v) is 10.2. The van der Waals surface area contributed by atoms with Crippen LogP contribution >= 0.6 is 0 Å². The Morgan fingerprint density at radius 2 is 1.63 bits per heavy atom. The van der Waals surface area contributed by atoms with E-state index in [4.69, 9.17) is 0 Å². The topological polar surface area (TPSA) is 95.5 Å². The molecule has 27 heavy (non-hydrogen) atoms. The van der Waals surface area contributed by atoms with Gasteiger partial charge in [0.1, 0.15) is 0 Å². The summed E-state index contributed by atoms with van der Waals surface area (Å²) < 4.78 is 28.1. The number of anilines is 2. The molecule has 1 saturated heterocycles. The number of piperazine rings is 1. The molecule has 0 spiro atoms. The van der Waals surface area contributed by atoms with Crippen LogP contribution in [0.4, 0.5) is 11.6 Å². The van der Waals surface area contributed by atoms with Crippen LogP contribution in [0.1, 0.15) is 16.7 Å². The van der Waals surface area contributed by atoms with Crippen LogP contribution in [0.3, 0.4) is 0 Å². The second kappa shape index (κ2) is 7.51. The molecule has 9 heteroatoms. The minimum absolute atomic E-state index is 0.171. The third-order valence-electron chi connectivity index (χ3n) is 4.55. The number of sulfonamides is 1. The molecular formula is C18H23N5O3S. The van der Waals surface area contributed by atoms with E-state index in [0.29, 0.717) is 43.1 Å². The maximum atomic E-state index is 12.8. The van der Waals surface area contributed by atoms with E-state index < -0.39 is 10.0 Å². The van der Waals surface area contributed by atoms with E-state index in [2.05, 4.69) is 14.9 Å². The Balaban J connectivity index is 1.76. The summed E-state index contributed by atoms with van der Waals surface area (Å²) in [5.74, 6) is 0.829. The molecule has 0 unspecified atom stereocenters. The predicted octanol–water partition coefficient (Wildman–Crippen LogP) is 1.48. The Bertz CT molecular complexity index is 913. The fraction of sp³-hybridized carbons (Fsp3) is 0.389. The molecule has 1 aromatic heterocycles. The molecule has 0 aliphatic carbocycles. The quantitative estimate of drug-likeness (QED) is 0.779. The molecule has 8 nitrogen and oxygen atoms in total. The van der Waals surface area contributed by atoms with Gasteiger partial charge in [-0.3, -0.25) is 9.52 Å². The standard InChI is InChI=1S/C18H23N5O3S/c1-13-10-14(2)18(15(3)11-13)27(25,26)21-16-4-5-17(20-19-16)23-8-6-22(12-24)7-9-23/h4-5,10-12H,6-9H2,1-3H3,(H,19,21). The van der Waals surface area contributed by atoms with Gasteiger partial charge in [-0.05, 0) is 44.0 Å². The van der Waals surface area contributed by atoms with E-state index in [-0.39, 0.29) is 10.7 Å². The molecule has 0 radical (unpaired) electrons. The second-order valence-electron chi connectivity index (χ2n) is 6.74. The summed E-state index contributed by atoms with van der Waals surface area (Å²) >= 11 is 0. The fourth-order valence-electron chi connectivity index (χ4n) is 3.38. The Hall–Kier alpha value is -2.68. The van der Waals surface area contributed by atoms with Gasteiger partial charge in [-0.2, -0.15) is 0 Å². The van der Waals surface area contributed by atoms with Crippen molar-refractivity contribution in [2.24, 2.45) is 0 Å². The first kappa shape index (κ1) is 19.1. The van der Waals surface area contributed by atoms with Crippen molar-refractivity contribution in [1.29, 1.82) is 0 Å². The van der Waals surface area contributed by atoms with Crippen molar-refractivity contribution in [2.45, 2.75) is 25.7 Å². The number of benzene rings is 1. The van der Waals surface area contributed by atoms with Gasteiger partial charge in [0.05, 0.1) is 4.90 Å². The summed E-state index contributed by atoms with van der Waals surface area (Å²) in [6.07, 6.45) is 0.843. The van der Waals surface area contributed by atoms with E-state index in [1.54, 1.807) is 30.9 Å². The summed E-state index contributed by atoms with van der Waals surface area (Å²) in [4.78, 5) is 14.8. The number of rotatable bonds is 5. The van der Waals surface area contributed by atoms with Gasteiger partial charge in [0, 0.05) is 26.2 Å². The van der Waals surface area contributed by atoms with Crippen LogP contribution in [-0.2, 0) is 14.8 Å². The maximum absolute atomic E-state index is 12.8. The van der Waals surface area contributed by atoms with Crippen LogP contribution < -0.4 is 9.62 Å². The van der Waals surface area contributed by atoms with Crippen molar-refractivity contribution in [1.82, 2.24) is 15.1 Å². The number of hydrogen-bond acceptors (Lipinski definition) is 6. The Labute approximate surface area is 159 Å². The van der Waals surface area contributed by atoms with E-state index in [0.717, 1.165) is 12.0 Å². The fourth-order valence-corrected chi connectivity index (χ4v) is 4.84. The molecule has 1 amide bonds. The van der Waals surface area contributed by atoms with Crippen molar-refractivity contribution < 1.29 is 13.2 Å². The Kier molecular flexibility index (Phi) is 5.31. The normalized spacial score (nSPS) is 14.9. The van der Waals surface area contributed by atoms with Gasteiger partial charge in [-0.15, -0.1) is 10.2 Å². The van der Waals surface area contributed by atoms with Gasteiger partial charge in [0.2, 0.25) is 6.41 Å².